The van der Waals surface area contributed by atoms with Crippen molar-refractivity contribution >= 4 is 21.9 Å². The number of aliphatic hydroxyl groups excluding tert-OH is 1. The zero-order valence-corrected chi connectivity index (χ0v) is 25.8. The highest BCUT2D eigenvalue weighted by Crippen LogP contribution is 2.63. The normalized spacial score (nSPS) is 51.5. The molecule has 7 heteroatoms. The summed E-state index contributed by atoms with van der Waals surface area (Å²) >= 11 is 4.19. The van der Waals surface area contributed by atoms with Gasteiger partial charge in [0, 0.05) is 29.5 Å². The van der Waals surface area contributed by atoms with Crippen molar-refractivity contribution in [3.8, 4) is 0 Å². The summed E-state index contributed by atoms with van der Waals surface area (Å²) in [6.45, 7) is 11.5. The molecule has 0 saturated carbocycles. The van der Waals surface area contributed by atoms with Crippen LogP contribution < -0.4 is 0 Å². The number of fused-ring (bicyclic) bond motifs is 2. The maximum atomic E-state index is 12.9. The summed E-state index contributed by atoms with van der Waals surface area (Å²) in [7, 11) is 0. The van der Waals surface area contributed by atoms with Gasteiger partial charge in [0.1, 0.15) is 11.8 Å². The molecule has 1 aliphatic carbocycles. The summed E-state index contributed by atoms with van der Waals surface area (Å²) in [4.78, 5) is 14.7. The third-order valence-corrected chi connectivity index (χ3v) is 12.5. The Morgan fingerprint density at radius 2 is 1.87 bits per heavy atom. The second-order valence-corrected chi connectivity index (χ2v) is 15.4. The highest BCUT2D eigenvalue weighted by Gasteiger charge is 2.66. The quantitative estimate of drug-likeness (QED) is 0.232. The molecule has 6 bridgehead atoms. The van der Waals surface area contributed by atoms with Crippen molar-refractivity contribution in [2.24, 2.45) is 17.3 Å². The van der Waals surface area contributed by atoms with E-state index in [-0.39, 0.29) is 46.0 Å². The van der Waals surface area contributed by atoms with Gasteiger partial charge in [0.05, 0.1) is 22.6 Å². The minimum absolute atomic E-state index is 0.0353. The largest absolute Gasteiger partial charge is 0.450 e. The number of hydrogen-bond donors (Lipinski definition) is 2. The Bertz CT molecular complexity index is 1130. The van der Waals surface area contributed by atoms with Crippen molar-refractivity contribution in [2.45, 2.75) is 133 Å². The SMILES string of the molecule is CC1=C[C@@H](C2=C(C)[C@@H]3/C=C(\C)[C@@H](O)CC[C@@H]4C[C@@H](C)[C@@H](O4)[C@@](C)(Br)[C@@H]4CC[C@]5(O)N4CCC[C@]35CC2)OC1=O. The second kappa shape index (κ2) is 9.79. The summed E-state index contributed by atoms with van der Waals surface area (Å²) in [5, 5.41) is 24.2. The highest BCUT2D eigenvalue weighted by atomic mass is 79.9. The molecule has 0 aromatic rings. The van der Waals surface area contributed by atoms with Crippen LogP contribution in [0.15, 0.2) is 34.4 Å². The van der Waals surface area contributed by atoms with E-state index in [1.165, 1.54) is 5.57 Å². The van der Waals surface area contributed by atoms with Gasteiger partial charge in [-0.3, -0.25) is 4.90 Å². The number of hydrogen-bond acceptors (Lipinski definition) is 6. The van der Waals surface area contributed by atoms with Gasteiger partial charge in [-0.1, -0.05) is 34.5 Å². The number of halogens is 1. The average Bonchev–Trinajstić information content (AvgIpc) is 3.55. The Morgan fingerprint density at radius 1 is 1.10 bits per heavy atom. The number of cyclic esters (lactones) is 1. The Hall–Kier alpha value is -0.990. The number of carbonyl (C=O) groups excluding carboxylic acids is 1. The number of carbonyl (C=O) groups is 1. The topological polar surface area (TPSA) is 79.2 Å². The number of aliphatic hydroxyl groups is 2. The van der Waals surface area contributed by atoms with Gasteiger partial charge in [0.25, 0.3) is 0 Å². The minimum Gasteiger partial charge on any atom is -0.450 e. The van der Waals surface area contributed by atoms with E-state index in [4.69, 9.17) is 9.47 Å². The number of allylic oxidation sites excluding steroid dienone is 2. The first kappa shape index (κ1) is 28.1. The van der Waals surface area contributed by atoms with E-state index in [1.807, 2.05) is 19.9 Å². The zero-order chi connectivity index (χ0) is 27.9. The van der Waals surface area contributed by atoms with Crippen molar-refractivity contribution in [3.05, 3.63) is 34.4 Å². The molecule has 2 N–H and O–H groups in total. The van der Waals surface area contributed by atoms with E-state index < -0.39 is 11.8 Å². The van der Waals surface area contributed by atoms with Gasteiger partial charge in [0.15, 0.2) is 0 Å². The fourth-order valence-corrected chi connectivity index (χ4v) is 10.5. The number of rotatable bonds is 1. The van der Waals surface area contributed by atoms with Crippen LogP contribution in [0.1, 0.15) is 92.4 Å². The third kappa shape index (κ3) is 4.19. The van der Waals surface area contributed by atoms with Crippen molar-refractivity contribution in [2.75, 3.05) is 6.54 Å². The Balaban J connectivity index is 1.49. The summed E-state index contributed by atoms with van der Waals surface area (Å²) in [6.07, 6.45) is 11.3. The molecular formula is C32H46BrNO5. The van der Waals surface area contributed by atoms with Gasteiger partial charge in [-0.2, -0.15) is 0 Å². The Morgan fingerprint density at radius 3 is 2.59 bits per heavy atom. The molecule has 0 radical (unpaired) electrons. The number of nitrogens with zero attached hydrogens (tertiary/aromatic N) is 1. The first-order valence-corrected chi connectivity index (χ1v) is 16.0. The van der Waals surface area contributed by atoms with Crippen LogP contribution in [0, 0.1) is 17.3 Å². The number of esters is 1. The van der Waals surface area contributed by atoms with Crippen molar-refractivity contribution < 1.29 is 24.5 Å². The number of ether oxygens (including phenoxy) is 2. The summed E-state index contributed by atoms with van der Waals surface area (Å²) in [5.41, 5.74) is 2.67. The van der Waals surface area contributed by atoms with E-state index >= 15 is 0 Å². The van der Waals surface area contributed by atoms with Crippen LogP contribution in [-0.2, 0) is 14.3 Å². The first-order valence-electron chi connectivity index (χ1n) is 15.2. The fourth-order valence-electron chi connectivity index (χ4n) is 9.48. The van der Waals surface area contributed by atoms with E-state index in [1.54, 1.807) is 0 Å². The van der Waals surface area contributed by atoms with E-state index in [0.29, 0.717) is 17.9 Å². The predicted octanol–water partition coefficient (Wildman–Crippen LogP) is 5.57. The van der Waals surface area contributed by atoms with Crippen LogP contribution in [0.2, 0.25) is 0 Å². The van der Waals surface area contributed by atoms with Crippen LogP contribution >= 0.6 is 15.9 Å². The molecule has 0 aromatic heterocycles. The Labute approximate surface area is 242 Å². The van der Waals surface area contributed by atoms with Crippen molar-refractivity contribution in [1.82, 2.24) is 4.90 Å². The molecule has 5 aliphatic heterocycles. The van der Waals surface area contributed by atoms with Gasteiger partial charge in [-0.05, 0) is 109 Å². The summed E-state index contributed by atoms with van der Waals surface area (Å²) in [5.74, 6) is 0.135. The summed E-state index contributed by atoms with van der Waals surface area (Å²) < 4.78 is 12.2. The smallest absolute Gasteiger partial charge is 0.334 e. The molecule has 1 spiro atoms. The highest BCUT2D eigenvalue weighted by molar-refractivity contribution is 9.10. The molecular weight excluding hydrogens is 558 g/mol. The van der Waals surface area contributed by atoms with Gasteiger partial charge in [-0.15, -0.1) is 0 Å². The molecule has 0 amide bonds. The molecule has 5 heterocycles. The van der Waals surface area contributed by atoms with Crippen molar-refractivity contribution in [3.63, 3.8) is 0 Å². The third-order valence-electron chi connectivity index (χ3n) is 11.6. The maximum Gasteiger partial charge on any atom is 0.334 e. The first-order chi connectivity index (χ1) is 18.4. The van der Waals surface area contributed by atoms with E-state index in [2.05, 4.69) is 47.7 Å². The van der Waals surface area contributed by atoms with Crippen LogP contribution in [0.3, 0.4) is 0 Å². The molecule has 216 valence electrons. The predicted molar refractivity (Wildman–Crippen MR) is 154 cm³/mol. The molecule has 0 aromatic carbocycles. The van der Waals surface area contributed by atoms with E-state index in [0.717, 1.165) is 69.1 Å². The molecule has 6 rings (SSSR count). The molecule has 1 unspecified atom stereocenters. The molecule has 11 atom stereocenters. The lowest BCUT2D eigenvalue weighted by Crippen LogP contribution is -2.67. The average molecular weight is 605 g/mol. The molecule has 39 heavy (non-hydrogen) atoms. The van der Waals surface area contributed by atoms with Crippen LogP contribution in [0.25, 0.3) is 0 Å². The Kier molecular flexibility index (Phi) is 7.07. The van der Waals surface area contributed by atoms with E-state index in [9.17, 15) is 15.0 Å². The summed E-state index contributed by atoms with van der Waals surface area (Å²) in [6, 6.07) is 0.178. The van der Waals surface area contributed by atoms with Gasteiger partial charge in [-0.25, -0.2) is 4.79 Å². The fraction of sp³-hybridized carbons (Fsp3) is 0.781. The lowest BCUT2D eigenvalue weighted by Gasteiger charge is -2.60. The number of piperidine rings is 1. The molecule has 3 saturated heterocycles. The van der Waals surface area contributed by atoms with Crippen LogP contribution in [0.4, 0.5) is 0 Å². The van der Waals surface area contributed by atoms with Gasteiger partial charge < -0.3 is 19.7 Å². The second-order valence-electron chi connectivity index (χ2n) is 13.7. The maximum absolute atomic E-state index is 12.9. The molecule has 3 fully saturated rings. The standard InChI is InChI=1S/C32H46BrNO5/c1-18-16-24-21(4)23(26-17-20(3)29(36)39-26)9-12-31(24)11-6-14-34-27(10-13-32(31,34)37)30(5,33)28-19(2)15-22(38-28)7-8-25(18)35/h16-17,19,22,24-28,35,37H,6-15H2,1-5H3/b18-16+/t19-,22-,24+,25+,26+,27+,28-,30+,31+,32-/m1/s1. The molecule has 6 nitrogen and oxygen atoms in total. The van der Waals surface area contributed by atoms with Crippen molar-refractivity contribution in [1.29, 1.82) is 0 Å². The molecule has 6 aliphatic rings. The van der Waals surface area contributed by atoms with Crippen LogP contribution in [0.5, 0.6) is 0 Å². The monoisotopic (exact) mass is 603 g/mol. The van der Waals surface area contributed by atoms with Gasteiger partial charge in [0.2, 0.25) is 0 Å². The lowest BCUT2D eigenvalue weighted by molar-refractivity contribution is -0.226. The zero-order valence-electron chi connectivity index (χ0n) is 24.2. The minimum atomic E-state index is -0.951. The lowest BCUT2D eigenvalue weighted by atomic mass is 9.54. The number of alkyl halides is 1. The van der Waals surface area contributed by atoms with Gasteiger partial charge >= 0.3 is 5.97 Å². The van der Waals surface area contributed by atoms with Crippen LogP contribution in [-0.4, -0.2) is 68.1 Å².